The number of nitrogens with one attached hydrogen (secondary N) is 1. The molecule has 1 aromatic heterocycles. The molecular weight excluding hydrogens is 418 g/mol. The van der Waals surface area contributed by atoms with Gasteiger partial charge in [-0.15, -0.1) is 10.2 Å². The summed E-state index contributed by atoms with van der Waals surface area (Å²) in [7, 11) is 0. The first kappa shape index (κ1) is 14.8. The van der Waals surface area contributed by atoms with Crippen molar-refractivity contribution < 1.29 is 9.90 Å². The van der Waals surface area contributed by atoms with Crippen LogP contribution in [-0.4, -0.2) is 27.0 Å². The molecule has 2 rings (SSSR count). The number of halogens is 2. The Morgan fingerprint density at radius 2 is 2.21 bits per heavy atom. The molecule has 0 aliphatic heterocycles. The summed E-state index contributed by atoms with van der Waals surface area (Å²) in [6.07, 6.45) is 0. The highest BCUT2D eigenvalue weighted by atomic mass is 79.9. The van der Waals surface area contributed by atoms with Crippen LogP contribution < -0.4 is 5.32 Å². The number of hydrogen-bond donors (Lipinski definition) is 2. The summed E-state index contributed by atoms with van der Waals surface area (Å²) in [6.45, 7) is 0. The Morgan fingerprint density at radius 3 is 2.95 bits per heavy atom. The second kappa shape index (κ2) is 6.69. The number of rotatable bonds is 5. The molecule has 0 atom stereocenters. The van der Waals surface area contributed by atoms with Gasteiger partial charge in [0.15, 0.2) is 4.34 Å². The monoisotopic (exact) mass is 423 g/mol. The van der Waals surface area contributed by atoms with Gasteiger partial charge in [-0.1, -0.05) is 39.0 Å². The fourth-order valence-electron chi connectivity index (χ4n) is 1.15. The molecule has 19 heavy (non-hydrogen) atoms. The van der Waals surface area contributed by atoms with Crippen LogP contribution >= 0.6 is 55.0 Å². The summed E-state index contributed by atoms with van der Waals surface area (Å²) in [5, 5.41) is 20.2. The SMILES string of the molecule is O=C(O)CSc1nnc(Nc2cc(Br)ccc2Br)s1. The molecule has 0 unspecified atom stereocenters. The second-order valence-corrected chi connectivity index (χ2v) is 7.27. The number of benzene rings is 1. The molecule has 9 heteroatoms. The third-order valence-corrected chi connectivity index (χ3v) is 5.04. The van der Waals surface area contributed by atoms with E-state index in [-0.39, 0.29) is 5.75 Å². The van der Waals surface area contributed by atoms with Gasteiger partial charge in [-0.25, -0.2) is 0 Å². The van der Waals surface area contributed by atoms with Gasteiger partial charge in [-0.2, -0.15) is 0 Å². The van der Waals surface area contributed by atoms with Crippen molar-refractivity contribution in [2.75, 3.05) is 11.1 Å². The van der Waals surface area contributed by atoms with Crippen LogP contribution in [0.15, 0.2) is 31.5 Å². The van der Waals surface area contributed by atoms with Crippen LogP contribution in [0.2, 0.25) is 0 Å². The van der Waals surface area contributed by atoms with E-state index >= 15 is 0 Å². The number of anilines is 2. The molecular formula is C10H7Br2N3O2S2. The predicted octanol–water partition coefficient (Wildman–Crippen LogP) is 3.98. The van der Waals surface area contributed by atoms with Gasteiger partial charge in [0, 0.05) is 8.95 Å². The smallest absolute Gasteiger partial charge is 0.313 e. The van der Waals surface area contributed by atoms with Crippen molar-refractivity contribution in [2.45, 2.75) is 4.34 Å². The lowest BCUT2D eigenvalue weighted by atomic mass is 10.3. The quantitative estimate of drug-likeness (QED) is 0.707. The van der Waals surface area contributed by atoms with Crippen molar-refractivity contribution in [3.05, 3.63) is 27.1 Å². The van der Waals surface area contributed by atoms with Crippen molar-refractivity contribution in [1.29, 1.82) is 0 Å². The largest absolute Gasteiger partial charge is 0.481 e. The summed E-state index contributed by atoms with van der Waals surface area (Å²) >= 11 is 9.29. The molecule has 2 aromatic rings. The van der Waals surface area contributed by atoms with Crippen molar-refractivity contribution in [3.8, 4) is 0 Å². The maximum atomic E-state index is 10.5. The van der Waals surface area contributed by atoms with Crippen LogP contribution in [0.25, 0.3) is 0 Å². The van der Waals surface area contributed by atoms with Crippen LogP contribution in [0, 0.1) is 0 Å². The van der Waals surface area contributed by atoms with Crippen molar-refractivity contribution in [1.82, 2.24) is 10.2 Å². The molecule has 2 N–H and O–H groups in total. The molecule has 0 radical (unpaired) electrons. The molecule has 0 aliphatic rings. The van der Waals surface area contributed by atoms with Gasteiger partial charge in [0.2, 0.25) is 5.13 Å². The fourth-order valence-corrected chi connectivity index (χ4v) is 3.34. The highest BCUT2D eigenvalue weighted by Gasteiger charge is 2.08. The van der Waals surface area contributed by atoms with Crippen LogP contribution in [0.4, 0.5) is 10.8 Å². The highest BCUT2D eigenvalue weighted by molar-refractivity contribution is 9.11. The summed E-state index contributed by atoms with van der Waals surface area (Å²) in [6, 6.07) is 5.74. The van der Waals surface area contributed by atoms with E-state index in [0.717, 1.165) is 26.4 Å². The number of carboxylic acid groups (broad SMARTS) is 1. The highest BCUT2D eigenvalue weighted by Crippen LogP contribution is 2.32. The Labute approximate surface area is 134 Å². The molecule has 0 saturated carbocycles. The normalized spacial score (nSPS) is 10.4. The van der Waals surface area contributed by atoms with Crippen molar-refractivity contribution in [3.63, 3.8) is 0 Å². The van der Waals surface area contributed by atoms with E-state index in [1.807, 2.05) is 18.2 Å². The Hall–Kier alpha value is -0.640. The molecule has 0 fully saturated rings. The Morgan fingerprint density at radius 1 is 1.42 bits per heavy atom. The first-order valence-electron chi connectivity index (χ1n) is 4.95. The number of carbonyl (C=O) groups is 1. The average molecular weight is 425 g/mol. The molecule has 0 aliphatic carbocycles. The van der Waals surface area contributed by atoms with E-state index in [4.69, 9.17) is 5.11 Å². The number of aliphatic carboxylic acids is 1. The molecule has 0 amide bonds. The van der Waals surface area contributed by atoms with Gasteiger partial charge in [0.05, 0.1) is 11.4 Å². The van der Waals surface area contributed by atoms with Crippen molar-refractivity contribution in [2.24, 2.45) is 0 Å². The third-order valence-electron chi connectivity index (χ3n) is 1.90. The van der Waals surface area contributed by atoms with E-state index in [1.54, 1.807) is 0 Å². The zero-order valence-electron chi connectivity index (χ0n) is 9.26. The molecule has 1 aromatic carbocycles. The van der Waals surface area contributed by atoms with E-state index in [2.05, 4.69) is 47.4 Å². The molecule has 5 nitrogen and oxygen atoms in total. The first-order chi connectivity index (χ1) is 9.04. The maximum absolute atomic E-state index is 10.5. The van der Waals surface area contributed by atoms with E-state index in [1.165, 1.54) is 11.3 Å². The number of aromatic nitrogens is 2. The van der Waals surface area contributed by atoms with E-state index in [9.17, 15) is 4.79 Å². The number of carboxylic acids is 1. The summed E-state index contributed by atoms with van der Waals surface area (Å²) in [5.74, 6) is -0.890. The van der Waals surface area contributed by atoms with Crippen LogP contribution in [0.1, 0.15) is 0 Å². The van der Waals surface area contributed by atoms with E-state index in [0.29, 0.717) is 9.47 Å². The van der Waals surface area contributed by atoms with Crippen LogP contribution in [-0.2, 0) is 4.79 Å². The molecule has 0 spiro atoms. The van der Waals surface area contributed by atoms with Gasteiger partial charge in [0.1, 0.15) is 0 Å². The van der Waals surface area contributed by atoms with Gasteiger partial charge in [-0.05, 0) is 34.1 Å². The number of hydrogen-bond acceptors (Lipinski definition) is 6. The lowest BCUT2D eigenvalue weighted by Gasteiger charge is -2.04. The number of thioether (sulfide) groups is 1. The Bertz CT molecular complexity index is 606. The molecule has 1 heterocycles. The Kier molecular flexibility index (Phi) is 5.20. The molecule has 0 saturated heterocycles. The summed E-state index contributed by atoms with van der Waals surface area (Å²) < 4.78 is 2.48. The first-order valence-corrected chi connectivity index (χ1v) is 8.33. The topological polar surface area (TPSA) is 75.1 Å². The molecule has 0 bridgehead atoms. The van der Waals surface area contributed by atoms with Gasteiger partial charge >= 0.3 is 5.97 Å². The van der Waals surface area contributed by atoms with Gasteiger partial charge in [-0.3, -0.25) is 4.79 Å². The minimum atomic E-state index is -0.871. The zero-order chi connectivity index (χ0) is 13.8. The fraction of sp³-hybridized carbons (Fsp3) is 0.100. The predicted molar refractivity (Wildman–Crippen MR) is 83.4 cm³/mol. The zero-order valence-corrected chi connectivity index (χ0v) is 14.1. The lowest BCUT2D eigenvalue weighted by Crippen LogP contribution is -1.96. The van der Waals surface area contributed by atoms with Gasteiger partial charge < -0.3 is 10.4 Å². The maximum Gasteiger partial charge on any atom is 0.313 e. The second-order valence-electron chi connectivity index (χ2n) is 3.30. The Balaban J connectivity index is 2.07. The van der Waals surface area contributed by atoms with Crippen LogP contribution in [0.5, 0.6) is 0 Å². The lowest BCUT2D eigenvalue weighted by molar-refractivity contribution is -0.133. The van der Waals surface area contributed by atoms with E-state index < -0.39 is 5.97 Å². The number of nitrogens with zero attached hydrogens (tertiary/aromatic N) is 2. The third kappa shape index (κ3) is 4.44. The average Bonchev–Trinajstić information content (AvgIpc) is 2.79. The minimum absolute atomic E-state index is 0.0186. The molecule has 100 valence electrons. The summed E-state index contributed by atoms with van der Waals surface area (Å²) in [5.41, 5.74) is 0.861. The summed E-state index contributed by atoms with van der Waals surface area (Å²) in [4.78, 5) is 10.5. The van der Waals surface area contributed by atoms with Crippen molar-refractivity contribution >= 4 is 71.7 Å². The van der Waals surface area contributed by atoms with Gasteiger partial charge in [0.25, 0.3) is 0 Å². The minimum Gasteiger partial charge on any atom is -0.481 e. The standard InChI is InChI=1S/C10H7Br2N3O2S2/c11-5-1-2-6(12)7(3-5)13-9-14-15-10(19-9)18-4-8(16)17/h1-3H,4H2,(H,13,14)(H,16,17). The van der Waals surface area contributed by atoms with Crippen LogP contribution in [0.3, 0.4) is 0 Å².